The smallest absolute Gasteiger partial charge is 0.335 e. The van der Waals surface area contributed by atoms with Crippen LogP contribution in [0.3, 0.4) is 0 Å². The lowest BCUT2D eigenvalue weighted by Gasteiger charge is -2.23. The first kappa shape index (κ1) is 32.4. The molecular weight excluding hydrogens is 584 g/mol. The molecule has 0 N–H and O–H groups in total. The van der Waals surface area contributed by atoms with E-state index in [1.807, 2.05) is 0 Å². The van der Waals surface area contributed by atoms with Gasteiger partial charge in [0, 0.05) is 57.7 Å². The van der Waals surface area contributed by atoms with Crippen molar-refractivity contribution in [3.8, 4) is 23.0 Å². The lowest BCUT2D eigenvalue weighted by Crippen LogP contribution is -2.11. The quantitative estimate of drug-likeness (QED) is 0.0725. The fraction of sp³-hybridized carbons (Fsp3) is 0. The zero-order valence-electron chi connectivity index (χ0n) is 24.6. The van der Waals surface area contributed by atoms with Crippen LogP contribution in [0, 0.1) is 0 Å². The predicted octanol–water partition coefficient (Wildman–Crippen LogP) is 7.06. The highest BCUT2D eigenvalue weighted by Gasteiger charge is 2.27. The first-order chi connectivity index (χ1) is 22.3. The van der Waals surface area contributed by atoms with Crippen molar-refractivity contribution >= 4 is 35.0 Å². The Labute approximate surface area is 265 Å². The van der Waals surface area contributed by atoms with Crippen LogP contribution in [0.25, 0.3) is 11.1 Å². The van der Waals surface area contributed by atoms with Gasteiger partial charge in [-0.25, -0.2) is 19.2 Å². The van der Waals surface area contributed by atoms with E-state index in [9.17, 15) is 19.2 Å². The van der Waals surface area contributed by atoms with Crippen LogP contribution in [0.4, 0.5) is 0 Å². The molecule has 0 bridgehead atoms. The topological polar surface area (TPSA) is 105 Å². The van der Waals surface area contributed by atoms with E-state index in [1.54, 1.807) is 97.1 Å². The van der Waals surface area contributed by atoms with Gasteiger partial charge in [0.25, 0.3) is 0 Å². The van der Waals surface area contributed by atoms with Crippen molar-refractivity contribution in [2.45, 2.75) is 0 Å². The minimum Gasteiger partial charge on any atom is -0.423 e. The first-order valence-corrected chi connectivity index (χ1v) is 13.8. The molecule has 4 aromatic rings. The van der Waals surface area contributed by atoms with E-state index in [-0.39, 0.29) is 23.0 Å². The molecular formula is C38H28O8. The number of benzene rings is 4. The zero-order valence-corrected chi connectivity index (χ0v) is 24.6. The zero-order chi connectivity index (χ0) is 33.1. The van der Waals surface area contributed by atoms with Gasteiger partial charge >= 0.3 is 23.9 Å². The largest absolute Gasteiger partial charge is 0.423 e. The molecule has 0 amide bonds. The van der Waals surface area contributed by atoms with Gasteiger partial charge in [0.15, 0.2) is 0 Å². The van der Waals surface area contributed by atoms with E-state index in [0.717, 1.165) is 24.3 Å². The molecule has 0 aliphatic carbocycles. The summed E-state index contributed by atoms with van der Waals surface area (Å²) in [7, 11) is 0. The molecule has 4 aromatic carbocycles. The van der Waals surface area contributed by atoms with E-state index in [1.165, 1.54) is 0 Å². The average molecular weight is 613 g/mol. The van der Waals surface area contributed by atoms with Gasteiger partial charge in [-0.2, -0.15) is 0 Å². The van der Waals surface area contributed by atoms with Crippen LogP contribution in [-0.2, 0) is 19.2 Å². The van der Waals surface area contributed by atoms with Crippen LogP contribution in [-0.4, -0.2) is 23.9 Å². The van der Waals surface area contributed by atoms with Crippen molar-refractivity contribution in [2.75, 3.05) is 0 Å². The summed E-state index contributed by atoms with van der Waals surface area (Å²) >= 11 is 0. The summed E-state index contributed by atoms with van der Waals surface area (Å²) in [6.45, 7) is 14.0. The van der Waals surface area contributed by atoms with Crippen molar-refractivity contribution in [1.29, 1.82) is 0 Å². The normalized spacial score (nSPS) is 10.0. The number of rotatable bonds is 12. The minimum atomic E-state index is -0.722. The Balaban J connectivity index is 2.28. The second-order valence-electron chi connectivity index (χ2n) is 9.24. The molecule has 0 radical (unpaired) electrons. The highest BCUT2D eigenvalue weighted by Crippen LogP contribution is 2.47. The third kappa shape index (κ3) is 7.50. The number of hydrogen-bond acceptors (Lipinski definition) is 8. The van der Waals surface area contributed by atoms with Crippen molar-refractivity contribution in [1.82, 2.24) is 0 Å². The summed E-state index contributed by atoms with van der Waals surface area (Å²) < 4.78 is 22.7. The Hall–Kier alpha value is -6.54. The van der Waals surface area contributed by atoms with Crippen LogP contribution in [0.1, 0.15) is 22.3 Å². The Kier molecular flexibility index (Phi) is 10.7. The van der Waals surface area contributed by atoms with Gasteiger partial charge in [-0.05, 0) is 24.3 Å². The molecule has 0 spiro atoms. The SMILES string of the molecule is C=CC(=O)Oc1ccccc1C(=C(c1ccccc1OC(=O)C=C)c1ccccc1OC(=O)C=C)c1ccccc1OC(=O)C=C. The van der Waals surface area contributed by atoms with Crippen molar-refractivity contribution in [3.05, 3.63) is 170 Å². The highest BCUT2D eigenvalue weighted by molar-refractivity contribution is 6.09. The summed E-state index contributed by atoms with van der Waals surface area (Å²) in [4.78, 5) is 50.0. The predicted molar refractivity (Wildman–Crippen MR) is 174 cm³/mol. The van der Waals surface area contributed by atoms with E-state index in [0.29, 0.717) is 33.4 Å². The van der Waals surface area contributed by atoms with E-state index in [4.69, 9.17) is 18.9 Å². The summed E-state index contributed by atoms with van der Waals surface area (Å²) in [5.74, 6) is -2.37. The van der Waals surface area contributed by atoms with Gasteiger partial charge in [0.05, 0.1) is 0 Å². The van der Waals surface area contributed by atoms with Gasteiger partial charge in [-0.3, -0.25) is 0 Å². The Bertz CT molecular complexity index is 1620. The van der Waals surface area contributed by atoms with Crippen LogP contribution >= 0.6 is 0 Å². The van der Waals surface area contributed by atoms with E-state index < -0.39 is 23.9 Å². The first-order valence-electron chi connectivity index (χ1n) is 13.8. The van der Waals surface area contributed by atoms with Crippen LogP contribution in [0.15, 0.2) is 148 Å². The van der Waals surface area contributed by atoms with Gasteiger partial charge in [-0.1, -0.05) is 99.1 Å². The van der Waals surface area contributed by atoms with Gasteiger partial charge in [-0.15, -0.1) is 0 Å². The van der Waals surface area contributed by atoms with Gasteiger partial charge < -0.3 is 18.9 Å². The maximum Gasteiger partial charge on any atom is 0.335 e. The summed E-state index contributed by atoms with van der Waals surface area (Å²) in [6.07, 6.45) is 4.09. The van der Waals surface area contributed by atoms with Gasteiger partial charge in [0.2, 0.25) is 0 Å². The number of esters is 4. The monoisotopic (exact) mass is 612 g/mol. The molecule has 0 aliphatic heterocycles. The van der Waals surface area contributed by atoms with Gasteiger partial charge in [0.1, 0.15) is 23.0 Å². The van der Waals surface area contributed by atoms with E-state index >= 15 is 0 Å². The Morgan fingerprint density at radius 2 is 0.565 bits per heavy atom. The van der Waals surface area contributed by atoms with Crippen LogP contribution in [0.2, 0.25) is 0 Å². The van der Waals surface area contributed by atoms with Crippen LogP contribution < -0.4 is 18.9 Å². The molecule has 0 unspecified atom stereocenters. The van der Waals surface area contributed by atoms with Crippen molar-refractivity contribution < 1.29 is 38.1 Å². The average Bonchev–Trinajstić information content (AvgIpc) is 3.08. The molecule has 0 saturated heterocycles. The molecule has 46 heavy (non-hydrogen) atoms. The second-order valence-corrected chi connectivity index (χ2v) is 9.24. The van der Waals surface area contributed by atoms with Crippen molar-refractivity contribution in [2.24, 2.45) is 0 Å². The molecule has 8 nitrogen and oxygen atoms in total. The summed E-state index contributed by atoms with van der Waals surface area (Å²) in [5.41, 5.74) is 2.16. The molecule has 0 heterocycles. The Morgan fingerprint density at radius 1 is 0.370 bits per heavy atom. The maximum atomic E-state index is 12.5. The minimum absolute atomic E-state index is 0.130. The molecule has 4 rings (SSSR count). The molecule has 8 heteroatoms. The standard InChI is InChI=1S/C38H28O8/c1-5-33(39)43-29-21-13-9-17-25(29)37(26-18-10-14-22-30(26)44-34(40)6-2)38(27-19-11-15-23-31(27)45-35(41)7-3)28-20-12-16-24-32(28)46-36(42)8-4/h5-24H,1-4H2. The third-order valence-corrected chi connectivity index (χ3v) is 6.38. The number of carbonyl (C=O) groups excluding carboxylic acids is 4. The van der Waals surface area contributed by atoms with E-state index in [2.05, 4.69) is 26.3 Å². The number of hydrogen-bond donors (Lipinski definition) is 0. The molecule has 0 aromatic heterocycles. The summed E-state index contributed by atoms with van der Waals surface area (Å²) in [5, 5.41) is 0. The number of ether oxygens (including phenoxy) is 4. The van der Waals surface area contributed by atoms with Crippen LogP contribution in [0.5, 0.6) is 23.0 Å². The summed E-state index contributed by atoms with van der Waals surface area (Å²) in [6, 6.07) is 26.7. The van der Waals surface area contributed by atoms with Crippen molar-refractivity contribution in [3.63, 3.8) is 0 Å². The highest BCUT2D eigenvalue weighted by atomic mass is 16.5. The lowest BCUT2D eigenvalue weighted by molar-refractivity contribution is -0.129. The Morgan fingerprint density at radius 3 is 0.761 bits per heavy atom. The third-order valence-electron chi connectivity index (χ3n) is 6.38. The molecule has 0 aliphatic rings. The lowest BCUT2D eigenvalue weighted by atomic mass is 9.84. The second kappa shape index (κ2) is 15.3. The maximum absolute atomic E-state index is 12.5. The molecule has 0 saturated carbocycles. The molecule has 228 valence electrons. The number of carbonyl (C=O) groups is 4. The number of para-hydroxylation sites is 4. The molecule has 0 atom stereocenters. The fourth-order valence-corrected chi connectivity index (χ4v) is 4.48. The fourth-order valence-electron chi connectivity index (χ4n) is 4.48. The molecule has 0 fully saturated rings.